The largest absolute Gasteiger partial charge is 0.480 e. The summed E-state index contributed by atoms with van der Waals surface area (Å²) in [6, 6.07) is -2.01. The van der Waals surface area contributed by atoms with Gasteiger partial charge in [0.15, 0.2) is 0 Å². The van der Waals surface area contributed by atoms with Crippen LogP contribution in [0.4, 0.5) is 0 Å². The van der Waals surface area contributed by atoms with Crippen molar-refractivity contribution in [3.8, 4) is 0 Å². The van der Waals surface area contributed by atoms with Crippen LogP contribution < -0.4 is 27.4 Å². The molecule has 4 amide bonds. The van der Waals surface area contributed by atoms with E-state index in [1.807, 2.05) is 6.26 Å². The number of amides is 4. The van der Waals surface area contributed by atoms with Gasteiger partial charge in [-0.05, 0) is 24.9 Å². The van der Waals surface area contributed by atoms with Crippen molar-refractivity contribution in [2.45, 2.75) is 31.3 Å². The fraction of sp³-hybridized carbons (Fsp3) is 0.643. The summed E-state index contributed by atoms with van der Waals surface area (Å²) in [5, 5.41) is 15.7. The Bertz CT molecular complexity index is 530. The van der Waals surface area contributed by atoms with Gasteiger partial charge in [-0.25, -0.2) is 4.79 Å². The standard InChI is InChI=1S/C14H25N5O6S/c1-26-5-4-8(15)13(23)18-6-11(21)17-7-12(22)19-9(14(24)25)2-3-10(16)20/h8-9H,2-7,15H2,1H3,(H2,16,20)(H,17,21)(H,18,23)(H,19,22)(H,24,25). The summed E-state index contributed by atoms with van der Waals surface area (Å²) in [6.45, 7) is -0.837. The van der Waals surface area contributed by atoms with Crippen molar-refractivity contribution in [3.63, 3.8) is 0 Å². The molecule has 0 aromatic heterocycles. The summed E-state index contributed by atoms with van der Waals surface area (Å²) in [4.78, 5) is 56.5. The number of carboxylic acids is 1. The van der Waals surface area contributed by atoms with Crippen molar-refractivity contribution in [1.82, 2.24) is 16.0 Å². The van der Waals surface area contributed by atoms with E-state index in [9.17, 15) is 24.0 Å². The number of nitrogens with two attached hydrogens (primary N) is 2. The molecule has 0 spiro atoms. The molecule has 0 aromatic carbocycles. The average molecular weight is 391 g/mol. The highest BCUT2D eigenvalue weighted by Gasteiger charge is 2.21. The van der Waals surface area contributed by atoms with E-state index in [-0.39, 0.29) is 19.4 Å². The van der Waals surface area contributed by atoms with Gasteiger partial charge in [0.2, 0.25) is 23.6 Å². The molecular formula is C14H25N5O6S. The van der Waals surface area contributed by atoms with Gasteiger partial charge in [-0.3, -0.25) is 19.2 Å². The molecule has 12 heteroatoms. The minimum absolute atomic E-state index is 0.158. The maximum atomic E-state index is 11.7. The fourth-order valence-corrected chi connectivity index (χ4v) is 2.19. The fourth-order valence-electron chi connectivity index (χ4n) is 1.71. The molecule has 0 bridgehead atoms. The zero-order valence-electron chi connectivity index (χ0n) is 14.4. The number of nitrogens with one attached hydrogen (secondary N) is 3. The number of hydrogen-bond donors (Lipinski definition) is 6. The average Bonchev–Trinajstić information content (AvgIpc) is 2.58. The zero-order chi connectivity index (χ0) is 20.1. The van der Waals surface area contributed by atoms with Crippen molar-refractivity contribution in [1.29, 1.82) is 0 Å². The Labute approximate surface area is 155 Å². The summed E-state index contributed by atoms with van der Waals surface area (Å²) in [5.41, 5.74) is 10.6. The van der Waals surface area contributed by atoms with Crippen LogP contribution in [0.5, 0.6) is 0 Å². The van der Waals surface area contributed by atoms with Gasteiger partial charge in [-0.2, -0.15) is 11.8 Å². The van der Waals surface area contributed by atoms with E-state index in [1.54, 1.807) is 11.8 Å². The van der Waals surface area contributed by atoms with Gasteiger partial charge in [0, 0.05) is 6.42 Å². The van der Waals surface area contributed by atoms with Gasteiger partial charge in [0.05, 0.1) is 19.1 Å². The lowest BCUT2D eigenvalue weighted by Gasteiger charge is -2.14. The molecule has 148 valence electrons. The zero-order valence-corrected chi connectivity index (χ0v) is 15.3. The molecule has 0 aliphatic carbocycles. The van der Waals surface area contributed by atoms with Crippen molar-refractivity contribution in [2.75, 3.05) is 25.1 Å². The Morgan fingerprint density at radius 3 is 2.19 bits per heavy atom. The second kappa shape index (κ2) is 12.9. The third kappa shape index (κ3) is 11.3. The topological polar surface area (TPSA) is 194 Å². The molecule has 0 fully saturated rings. The van der Waals surface area contributed by atoms with Gasteiger partial charge in [-0.1, -0.05) is 0 Å². The number of carbonyl (C=O) groups excluding carboxylic acids is 4. The molecular weight excluding hydrogens is 366 g/mol. The first-order valence-electron chi connectivity index (χ1n) is 7.76. The van der Waals surface area contributed by atoms with Crippen LogP contribution in [0.1, 0.15) is 19.3 Å². The highest BCUT2D eigenvalue weighted by atomic mass is 32.2. The summed E-state index contributed by atoms with van der Waals surface area (Å²) >= 11 is 1.54. The lowest BCUT2D eigenvalue weighted by atomic mass is 10.1. The molecule has 0 heterocycles. The van der Waals surface area contributed by atoms with E-state index in [1.165, 1.54) is 0 Å². The molecule has 0 aromatic rings. The second-order valence-corrected chi connectivity index (χ2v) is 6.33. The van der Waals surface area contributed by atoms with E-state index >= 15 is 0 Å². The van der Waals surface area contributed by atoms with E-state index in [0.29, 0.717) is 12.2 Å². The summed E-state index contributed by atoms with van der Waals surface area (Å²) in [5.74, 6) is -3.16. The summed E-state index contributed by atoms with van der Waals surface area (Å²) < 4.78 is 0. The third-order valence-corrected chi connectivity index (χ3v) is 3.80. The molecule has 0 rings (SSSR count). The number of primary amides is 1. The first-order chi connectivity index (χ1) is 12.2. The Balaban J connectivity index is 4.16. The van der Waals surface area contributed by atoms with E-state index < -0.39 is 48.2 Å². The van der Waals surface area contributed by atoms with Crippen molar-refractivity contribution < 1.29 is 29.1 Å². The SMILES string of the molecule is CSCCC(N)C(=O)NCC(=O)NCC(=O)NC(CCC(N)=O)C(=O)O. The van der Waals surface area contributed by atoms with Crippen LogP contribution in [0.3, 0.4) is 0 Å². The van der Waals surface area contributed by atoms with E-state index in [2.05, 4.69) is 16.0 Å². The van der Waals surface area contributed by atoms with Crippen molar-refractivity contribution in [3.05, 3.63) is 0 Å². The molecule has 2 atom stereocenters. The van der Waals surface area contributed by atoms with E-state index in [0.717, 1.165) is 0 Å². The number of aliphatic carboxylic acids is 1. The van der Waals surface area contributed by atoms with Crippen LogP contribution >= 0.6 is 11.8 Å². The first-order valence-corrected chi connectivity index (χ1v) is 9.16. The monoisotopic (exact) mass is 391 g/mol. The van der Waals surface area contributed by atoms with Crippen LogP contribution in [-0.2, 0) is 24.0 Å². The van der Waals surface area contributed by atoms with Crippen molar-refractivity contribution in [2.24, 2.45) is 11.5 Å². The molecule has 0 saturated carbocycles. The van der Waals surface area contributed by atoms with Gasteiger partial charge >= 0.3 is 5.97 Å². The predicted octanol–water partition coefficient (Wildman–Crippen LogP) is -2.87. The lowest BCUT2D eigenvalue weighted by Crippen LogP contribution is -2.48. The molecule has 0 aliphatic rings. The molecule has 0 aliphatic heterocycles. The third-order valence-electron chi connectivity index (χ3n) is 3.15. The summed E-state index contributed by atoms with van der Waals surface area (Å²) in [6.07, 6.45) is 1.99. The molecule has 0 radical (unpaired) electrons. The predicted molar refractivity (Wildman–Crippen MR) is 95.0 cm³/mol. The minimum Gasteiger partial charge on any atom is -0.480 e. The normalized spacial score (nSPS) is 12.5. The molecule has 0 saturated heterocycles. The van der Waals surface area contributed by atoms with Crippen molar-refractivity contribution >= 4 is 41.4 Å². The molecule has 8 N–H and O–H groups in total. The number of carbonyl (C=O) groups is 5. The molecule has 11 nitrogen and oxygen atoms in total. The van der Waals surface area contributed by atoms with Gasteiger partial charge in [-0.15, -0.1) is 0 Å². The van der Waals surface area contributed by atoms with Crippen LogP contribution in [0.15, 0.2) is 0 Å². The Morgan fingerprint density at radius 1 is 1.04 bits per heavy atom. The van der Waals surface area contributed by atoms with Crippen LogP contribution in [0.25, 0.3) is 0 Å². The maximum absolute atomic E-state index is 11.7. The van der Waals surface area contributed by atoms with Crippen LogP contribution in [0.2, 0.25) is 0 Å². The number of hydrogen-bond acceptors (Lipinski definition) is 7. The number of carboxylic acid groups (broad SMARTS) is 1. The van der Waals surface area contributed by atoms with Crippen LogP contribution in [0, 0.1) is 0 Å². The Hall–Kier alpha value is -2.34. The smallest absolute Gasteiger partial charge is 0.326 e. The molecule has 26 heavy (non-hydrogen) atoms. The minimum atomic E-state index is -1.32. The molecule has 2 unspecified atom stereocenters. The quantitative estimate of drug-likeness (QED) is 0.193. The highest BCUT2D eigenvalue weighted by Crippen LogP contribution is 1.98. The summed E-state index contributed by atoms with van der Waals surface area (Å²) in [7, 11) is 0. The second-order valence-electron chi connectivity index (χ2n) is 5.35. The van der Waals surface area contributed by atoms with Crippen LogP contribution in [-0.4, -0.2) is 71.9 Å². The van der Waals surface area contributed by atoms with Gasteiger partial charge in [0.25, 0.3) is 0 Å². The van der Waals surface area contributed by atoms with E-state index in [4.69, 9.17) is 16.6 Å². The lowest BCUT2D eigenvalue weighted by molar-refractivity contribution is -0.142. The first kappa shape index (κ1) is 23.7. The Morgan fingerprint density at radius 2 is 1.65 bits per heavy atom. The van der Waals surface area contributed by atoms with Gasteiger partial charge < -0.3 is 32.5 Å². The maximum Gasteiger partial charge on any atom is 0.326 e. The highest BCUT2D eigenvalue weighted by molar-refractivity contribution is 7.98. The Kier molecular flexibility index (Phi) is 11.8. The number of thioether (sulfide) groups is 1. The van der Waals surface area contributed by atoms with Gasteiger partial charge in [0.1, 0.15) is 6.04 Å². The number of rotatable bonds is 13.